The molecule has 0 aliphatic rings. The van der Waals surface area contributed by atoms with Gasteiger partial charge in [-0.15, -0.1) is 0 Å². The van der Waals surface area contributed by atoms with Gasteiger partial charge in [-0.1, -0.05) is 72.6 Å². The van der Waals surface area contributed by atoms with Crippen molar-refractivity contribution < 1.29 is 25.4 Å². The number of rotatable bonds is 14. The molecule has 0 rings (SSSR count). The van der Waals surface area contributed by atoms with Gasteiger partial charge in [0.15, 0.2) is 0 Å². The quantitative estimate of drug-likeness (QED) is 0.237. The first-order chi connectivity index (χ1) is 10.3. The normalized spacial score (nSPS) is 15.3. The summed E-state index contributed by atoms with van der Waals surface area (Å²) in [7, 11) is 0. The van der Waals surface area contributed by atoms with Gasteiger partial charge in [-0.05, 0) is 24.2 Å². The Kier molecular flexibility index (Phi) is 12.1. The number of aliphatic hydroxyl groups is 1. The van der Waals surface area contributed by atoms with Gasteiger partial charge < -0.3 is 5.11 Å². The highest BCUT2D eigenvalue weighted by molar-refractivity contribution is 4.60. The van der Waals surface area contributed by atoms with Gasteiger partial charge in [0.05, 0.1) is 0 Å². The van der Waals surface area contributed by atoms with E-state index in [4.69, 9.17) is 10.5 Å². The van der Waals surface area contributed by atoms with E-state index in [1.165, 1.54) is 32.1 Å². The Morgan fingerprint density at radius 2 is 1.14 bits per heavy atom. The molecule has 5 heteroatoms. The summed E-state index contributed by atoms with van der Waals surface area (Å²) in [5.41, 5.74) is 0. The van der Waals surface area contributed by atoms with E-state index in [0.717, 1.165) is 24.7 Å². The molecule has 22 heavy (non-hydrogen) atoms. The van der Waals surface area contributed by atoms with Crippen LogP contribution in [0.25, 0.3) is 0 Å². The third-order valence-electron chi connectivity index (χ3n) is 4.35. The third kappa shape index (κ3) is 11.4. The average molecular weight is 320 g/mol. The lowest BCUT2D eigenvalue weighted by Crippen LogP contribution is -2.33. The van der Waals surface area contributed by atoms with Gasteiger partial charge in [0.25, 0.3) is 0 Å². The Labute approximate surface area is 135 Å². The fraction of sp³-hybridized carbons (Fsp3) is 1.00. The Hall–Kier alpha value is -0.200. The van der Waals surface area contributed by atoms with Crippen LogP contribution in [-0.2, 0) is 9.78 Å². The molecule has 0 aromatic heterocycles. The second-order valence-electron chi connectivity index (χ2n) is 7.25. The van der Waals surface area contributed by atoms with E-state index in [1.807, 2.05) is 0 Å². The molecule has 3 N–H and O–H groups in total. The maximum Gasteiger partial charge on any atom is 0.336 e. The van der Waals surface area contributed by atoms with Crippen LogP contribution < -0.4 is 0 Å². The van der Waals surface area contributed by atoms with E-state index in [-0.39, 0.29) is 6.42 Å². The SMILES string of the molecule is CC(C)CCC[C@@H](C)CCC[C@@H](C)CCCC(O)(OO)OO. The van der Waals surface area contributed by atoms with Gasteiger partial charge in [0.2, 0.25) is 0 Å². The summed E-state index contributed by atoms with van der Waals surface area (Å²) in [4.78, 5) is 7.44. The minimum atomic E-state index is -2.29. The third-order valence-corrected chi connectivity index (χ3v) is 4.35. The molecule has 0 heterocycles. The zero-order valence-corrected chi connectivity index (χ0v) is 14.8. The molecule has 0 aromatic carbocycles. The van der Waals surface area contributed by atoms with Gasteiger partial charge in [0, 0.05) is 6.42 Å². The zero-order chi connectivity index (χ0) is 17.0. The largest absolute Gasteiger partial charge is 0.340 e. The van der Waals surface area contributed by atoms with Crippen molar-refractivity contribution in [2.45, 2.75) is 91.5 Å². The predicted molar refractivity (Wildman–Crippen MR) is 87.1 cm³/mol. The van der Waals surface area contributed by atoms with Crippen LogP contribution in [0.2, 0.25) is 0 Å². The highest BCUT2D eigenvalue weighted by Crippen LogP contribution is 2.23. The van der Waals surface area contributed by atoms with E-state index < -0.39 is 5.97 Å². The summed E-state index contributed by atoms with van der Waals surface area (Å²) >= 11 is 0. The van der Waals surface area contributed by atoms with E-state index in [2.05, 4.69) is 37.5 Å². The molecule has 0 aromatic rings. The Balaban J connectivity index is 3.62. The minimum Gasteiger partial charge on any atom is -0.340 e. The van der Waals surface area contributed by atoms with Crippen molar-refractivity contribution in [3.63, 3.8) is 0 Å². The van der Waals surface area contributed by atoms with Crippen LogP contribution in [0.15, 0.2) is 0 Å². The van der Waals surface area contributed by atoms with Gasteiger partial charge >= 0.3 is 5.97 Å². The van der Waals surface area contributed by atoms with Gasteiger partial charge in [0.1, 0.15) is 0 Å². The topological polar surface area (TPSA) is 79.2 Å². The van der Waals surface area contributed by atoms with Gasteiger partial charge in [-0.3, -0.25) is 0 Å². The molecule has 0 unspecified atom stereocenters. The monoisotopic (exact) mass is 320 g/mol. The molecule has 0 saturated carbocycles. The highest BCUT2D eigenvalue weighted by atomic mass is 17.3. The lowest BCUT2D eigenvalue weighted by Gasteiger charge is -2.20. The van der Waals surface area contributed by atoms with Crippen LogP contribution >= 0.6 is 0 Å². The van der Waals surface area contributed by atoms with E-state index >= 15 is 0 Å². The molecule has 0 aliphatic heterocycles. The maximum atomic E-state index is 9.37. The molecule has 0 bridgehead atoms. The van der Waals surface area contributed by atoms with Crippen molar-refractivity contribution in [3.05, 3.63) is 0 Å². The summed E-state index contributed by atoms with van der Waals surface area (Å²) in [5, 5.41) is 26.2. The van der Waals surface area contributed by atoms with Crippen LogP contribution in [-0.4, -0.2) is 21.6 Å². The van der Waals surface area contributed by atoms with Crippen molar-refractivity contribution in [2.24, 2.45) is 17.8 Å². The van der Waals surface area contributed by atoms with Crippen LogP contribution in [0.1, 0.15) is 85.5 Å². The Morgan fingerprint density at radius 3 is 1.55 bits per heavy atom. The molecule has 5 nitrogen and oxygen atoms in total. The zero-order valence-electron chi connectivity index (χ0n) is 14.8. The lowest BCUT2D eigenvalue weighted by molar-refractivity contribution is -0.554. The Bertz CT molecular complexity index is 253. The number of hydrogen-bond acceptors (Lipinski definition) is 5. The molecular weight excluding hydrogens is 284 g/mol. The number of hydrogen-bond donors (Lipinski definition) is 3. The molecule has 0 radical (unpaired) electrons. The van der Waals surface area contributed by atoms with Crippen molar-refractivity contribution in [2.75, 3.05) is 0 Å². The molecule has 0 fully saturated rings. The van der Waals surface area contributed by atoms with Crippen molar-refractivity contribution >= 4 is 0 Å². The molecule has 0 amide bonds. The van der Waals surface area contributed by atoms with Crippen LogP contribution in [0.4, 0.5) is 0 Å². The first-order valence-electron chi connectivity index (χ1n) is 8.70. The van der Waals surface area contributed by atoms with E-state index in [0.29, 0.717) is 12.3 Å². The molecule has 134 valence electrons. The standard InChI is InChI=1S/C17H36O5/c1-14(2)8-5-9-15(3)10-6-11-16(4)12-7-13-17(18,21-19)22-20/h14-16,18-20H,5-13H2,1-4H3/t15-,16-/m1/s1. The summed E-state index contributed by atoms with van der Waals surface area (Å²) in [6, 6.07) is 0. The molecular formula is C17H36O5. The Morgan fingerprint density at radius 1 is 0.727 bits per heavy atom. The summed E-state index contributed by atoms with van der Waals surface area (Å²) in [6.07, 6.45) is 9.18. The molecule has 0 spiro atoms. The molecule has 0 aliphatic carbocycles. The van der Waals surface area contributed by atoms with Crippen molar-refractivity contribution in [1.29, 1.82) is 0 Å². The van der Waals surface area contributed by atoms with Crippen molar-refractivity contribution in [3.8, 4) is 0 Å². The van der Waals surface area contributed by atoms with Gasteiger partial charge in [-0.25, -0.2) is 10.5 Å². The average Bonchev–Trinajstić information content (AvgIpc) is 2.46. The fourth-order valence-electron chi connectivity index (χ4n) is 2.76. The van der Waals surface area contributed by atoms with E-state index in [9.17, 15) is 5.11 Å². The lowest BCUT2D eigenvalue weighted by atomic mass is 9.92. The first kappa shape index (κ1) is 21.8. The maximum absolute atomic E-state index is 9.37. The second kappa shape index (κ2) is 12.3. The second-order valence-corrected chi connectivity index (χ2v) is 7.25. The fourth-order valence-corrected chi connectivity index (χ4v) is 2.76. The molecule has 0 saturated heterocycles. The van der Waals surface area contributed by atoms with Gasteiger partial charge in [-0.2, -0.15) is 9.78 Å². The minimum absolute atomic E-state index is 0.0376. The van der Waals surface area contributed by atoms with Crippen LogP contribution in [0, 0.1) is 17.8 Å². The predicted octanol–water partition coefficient (Wildman–Crippen LogP) is 5.05. The summed E-state index contributed by atoms with van der Waals surface area (Å²) in [6.45, 7) is 9.07. The smallest absolute Gasteiger partial charge is 0.336 e. The molecule has 2 atom stereocenters. The summed E-state index contributed by atoms with van der Waals surface area (Å²) < 4.78 is 0. The highest BCUT2D eigenvalue weighted by Gasteiger charge is 2.29. The van der Waals surface area contributed by atoms with Crippen LogP contribution in [0.3, 0.4) is 0 Å². The van der Waals surface area contributed by atoms with Crippen molar-refractivity contribution in [1.82, 2.24) is 0 Å². The summed E-state index contributed by atoms with van der Waals surface area (Å²) in [5.74, 6) is -0.146. The van der Waals surface area contributed by atoms with E-state index in [1.54, 1.807) is 0 Å². The van der Waals surface area contributed by atoms with Crippen LogP contribution in [0.5, 0.6) is 0 Å². The first-order valence-corrected chi connectivity index (χ1v) is 8.70.